The number of aromatic nitrogens is 2. The van der Waals surface area contributed by atoms with Crippen molar-refractivity contribution in [1.82, 2.24) is 14.9 Å². The van der Waals surface area contributed by atoms with Crippen LogP contribution < -0.4 is 11.1 Å². The molecule has 0 saturated heterocycles. The van der Waals surface area contributed by atoms with Gasteiger partial charge in [0.1, 0.15) is 0 Å². The summed E-state index contributed by atoms with van der Waals surface area (Å²) in [6.45, 7) is 0.977. The maximum absolute atomic E-state index is 12.0. The molecule has 1 amide bonds. The topological polar surface area (TPSA) is 72.9 Å². The van der Waals surface area contributed by atoms with Crippen LogP contribution in [0, 0.1) is 5.41 Å². The van der Waals surface area contributed by atoms with Gasteiger partial charge in [0, 0.05) is 20.1 Å². The van der Waals surface area contributed by atoms with E-state index < -0.39 is 0 Å². The summed E-state index contributed by atoms with van der Waals surface area (Å²) in [6, 6.07) is 6.06. The Morgan fingerprint density at radius 3 is 3.00 bits per heavy atom. The minimum Gasteiger partial charge on any atom is -0.352 e. The highest BCUT2D eigenvalue weighted by Crippen LogP contribution is 2.44. The van der Waals surface area contributed by atoms with E-state index in [4.69, 9.17) is 5.73 Å². The van der Waals surface area contributed by atoms with Crippen molar-refractivity contribution in [2.45, 2.75) is 19.4 Å². The third kappa shape index (κ3) is 2.10. The minimum atomic E-state index is -0.283. The van der Waals surface area contributed by atoms with Crippen LogP contribution in [0.1, 0.15) is 18.4 Å². The van der Waals surface area contributed by atoms with E-state index >= 15 is 0 Å². The maximum Gasteiger partial charge on any atom is 0.227 e. The molecule has 0 atom stereocenters. The zero-order chi connectivity index (χ0) is 13.5. The van der Waals surface area contributed by atoms with Crippen LogP contribution in [0.3, 0.4) is 0 Å². The molecule has 1 aliphatic rings. The Kier molecular flexibility index (Phi) is 2.78. The number of nitrogens with two attached hydrogens (primary N) is 1. The van der Waals surface area contributed by atoms with Crippen molar-refractivity contribution in [2.24, 2.45) is 18.2 Å². The van der Waals surface area contributed by atoms with E-state index in [0.29, 0.717) is 13.1 Å². The van der Waals surface area contributed by atoms with Gasteiger partial charge in [-0.1, -0.05) is 6.07 Å². The van der Waals surface area contributed by atoms with Crippen LogP contribution in [0.5, 0.6) is 0 Å². The highest BCUT2D eigenvalue weighted by molar-refractivity contribution is 5.85. The summed E-state index contributed by atoms with van der Waals surface area (Å²) in [5, 5.41) is 2.97. The molecule has 1 fully saturated rings. The first kappa shape index (κ1) is 12.2. The number of benzene rings is 1. The molecule has 1 aromatic heterocycles. The van der Waals surface area contributed by atoms with Crippen molar-refractivity contribution in [3.8, 4) is 0 Å². The van der Waals surface area contributed by atoms with Crippen LogP contribution in [0.25, 0.3) is 11.0 Å². The predicted molar refractivity (Wildman–Crippen MR) is 73.3 cm³/mol. The number of rotatable bonds is 4. The minimum absolute atomic E-state index is 0.0797. The Bertz CT molecular complexity index is 627. The molecular weight excluding hydrogens is 240 g/mol. The van der Waals surface area contributed by atoms with Gasteiger partial charge in [0.15, 0.2) is 0 Å². The zero-order valence-electron chi connectivity index (χ0n) is 11.0. The molecule has 3 N–H and O–H groups in total. The number of aryl methyl sites for hydroxylation is 1. The van der Waals surface area contributed by atoms with E-state index in [9.17, 15) is 4.79 Å². The Morgan fingerprint density at radius 1 is 1.53 bits per heavy atom. The zero-order valence-corrected chi connectivity index (χ0v) is 11.0. The van der Waals surface area contributed by atoms with E-state index in [1.54, 1.807) is 6.33 Å². The third-order valence-electron chi connectivity index (χ3n) is 3.97. The van der Waals surface area contributed by atoms with Gasteiger partial charge in [-0.3, -0.25) is 4.79 Å². The molecule has 1 aromatic carbocycles. The van der Waals surface area contributed by atoms with Crippen molar-refractivity contribution in [1.29, 1.82) is 0 Å². The van der Waals surface area contributed by atoms with Gasteiger partial charge in [0.2, 0.25) is 5.91 Å². The van der Waals surface area contributed by atoms with Gasteiger partial charge in [0.05, 0.1) is 22.8 Å². The first-order chi connectivity index (χ1) is 9.14. The number of carbonyl (C=O) groups is 1. The highest BCUT2D eigenvalue weighted by atomic mass is 16.2. The lowest BCUT2D eigenvalue weighted by atomic mass is 10.1. The average Bonchev–Trinajstić information content (AvgIpc) is 3.16. The first-order valence-electron chi connectivity index (χ1n) is 6.53. The second kappa shape index (κ2) is 4.35. The summed E-state index contributed by atoms with van der Waals surface area (Å²) < 4.78 is 1.98. The van der Waals surface area contributed by atoms with Gasteiger partial charge < -0.3 is 15.6 Å². The van der Waals surface area contributed by atoms with Crippen LogP contribution in [0.2, 0.25) is 0 Å². The molecule has 19 heavy (non-hydrogen) atoms. The molecular formula is C14H18N4O. The summed E-state index contributed by atoms with van der Waals surface area (Å²) in [6.07, 6.45) is 3.61. The first-order valence-corrected chi connectivity index (χ1v) is 6.53. The number of amides is 1. The van der Waals surface area contributed by atoms with Gasteiger partial charge in [-0.15, -0.1) is 0 Å². The molecule has 0 spiro atoms. The number of imidazole rings is 1. The van der Waals surface area contributed by atoms with Crippen molar-refractivity contribution in [2.75, 3.05) is 6.54 Å². The van der Waals surface area contributed by atoms with Crippen LogP contribution in [0.15, 0.2) is 24.5 Å². The predicted octanol–water partition coefficient (Wildman–Crippen LogP) is 0.928. The fraction of sp³-hybridized carbons (Fsp3) is 0.429. The summed E-state index contributed by atoms with van der Waals surface area (Å²) in [5.41, 5.74) is 8.47. The lowest BCUT2D eigenvalue weighted by Crippen LogP contribution is -2.36. The van der Waals surface area contributed by atoms with Gasteiger partial charge in [-0.2, -0.15) is 0 Å². The molecule has 1 saturated carbocycles. The van der Waals surface area contributed by atoms with Crippen molar-refractivity contribution in [3.63, 3.8) is 0 Å². The fourth-order valence-electron chi connectivity index (χ4n) is 2.34. The lowest BCUT2D eigenvalue weighted by Gasteiger charge is -2.12. The Hall–Kier alpha value is -1.88. The molecule has 100 valence electrons. The largest absolute Gasteiger partial charge is 0.352 e. The van der Waals surface area contributed by atoms with E-state index in [-0.39, 0.29) is 11.3 Å². The molecule has 0 radical (unpaired) electrons. The molecule has 1 aliphatic carbocycles. The van der Waals surface area contributed by atoms with Crippen LogP contribution in [-0.2, 0) is 18.4 Å². The van der Waals surface area contributed by atoms with E-state index in [0.717, 1.165) is 29.4 Å². The SMILES string of the molecule is Cn1cnc2cc(CNC(=O)C3(CN)CC3)ccc21. The Balaban J connectivity index is 1.70. The van der Waals surface area contributed by atoms with Crippen LogP contribution in [-0.4, -0.2) is 22.0 Å². The highest BCUT2D eigenvalue weighted by Gasteiger charge is 2.48. The molecule has 5 nitrogen and oxygen atoms in total. The molecule has 3 rings (SSSR count). The van der Waals surface area contributed by atoms with Crippen LogP contribution in [0.4, 0.5) is 0 Å². The summed E-state index contributed by atoms with van der Waals surface area (Å²) in [4.78, 5) is 16.3. The molecule has 0 aliphatic heterocycles. The standard InChI is InChI=1S/C14H18N4O/c1-18-9-17-11-6-10(2-3-12(11)18)7-16-13(19)14(8-15)4-5-14/h2-3,6,9H,4-5,7-8,15H2,1H3,(H,16,19). The van der Waals surface area contributed by atoms with Crippen molar-refractivity contribution < 1.29 is 4.79 Å². The number of nitrogens with one attached hydrogen (secondary N) is 1. The summed E-state index contributed by atoms with van der Waals surface area (Å²) in [5.74, 6) is 0.0797. The average molecular weight is 258 g/mol. The number of fused-ring (bicyclic) bond motifs is 1. The van der Waals surface area contributed by atoms with Gasteiger partial charge in [-0.05, 0) is 30.5 Å². The normalized spacial score (nSPS) is 16.5. The van der Waals surface area contributed by atoms with Gasteiger partial charge >= 0.3 is 0 Å². The summed E-state index contributed by atoms with van der Waals surface area (Å²) >= 11 is 0. The van der Waals surface area contributed by atoms with E-state index in [2.05, 4.69) is 10.3 Å². The second-order valence-electron chi connectivity index (χ2n) is 5.35. The lowest BCUT2D eigenvalue weighted by molar-refractivity contribution is -0.126. The van der Waals surface area contributed by atoms with Crippen molar-refractivity contribution >= 4 is 16.9 Å². The van der Waals surface area contributed by atoms with E-state index in [1.807, 2.05) is 29.8 Å². The quantitative estimate of drug-likeness (QED) is 0.856. The fourth-order valence-corrected chi connectivity index (χ4v) is 2.34. The van der Waals surface area contributed by atoms with Crippen LogP contribution >= 0.6 is 0 Å². The maximum atomic E-state index is 12.0. The molecule has 0 bridgehead atoms. The Morgan fingerprint density at radius 2 is 2.32 bits per heavy atom. The van der Waals surface area contributed by atoms with E-state index in [1.165, 1.54) is 0 Å². The molecule has 2 aromatic rings. The van der Waals surface area contributed by atoms with Gasteiger partial charge in [0.25, 0.3) is 0 Å². The number of nitrogens with zero attached hydrogens (tertiary/aromatic N) is 2. The number of hydrogen-bond donors (Lipinski definition) is 2. The smallest absolute Gasteiger partial charge is 0.227 e. The summed E-state index contributed by atoms with van der Waals surface area (Å²) in [7, 11) is 1.97. The third-order valence-corrected chi connectivity index (χ3v) is 3.97. The molecule has 1 heterocycles. The second-order valence-corrected chi connectivity index (χ2v) is 5.35. The Labute approximate surface area is 111 Å². The van der Waals surface area contributed by atoms with Crippen molar-refractivity contribution in [3.05, 3.63) is 30.1 Å². The van der Waals surface area contributed by atoms with Gasteiger partial charge in [-0.25, -0.2) is 4.98 Å². The molecule has 0 unspecified atom stereocenters. The number of hydrogen-bond acceptors (Lipinski definition) is 3. The monoisotopic (exact) mass is 258 g/mol. The molecule has 5 heteroatoms. The number of carbonyl (C=O) groups excluding carboxylic acids is 1.